The summed E-state index contributed by atoms with van der Waals surface area (Å²) in [6.07, 6.45) is 4.47. The number of aryl methyl sites for hydroxylation is 1. The number of aromatic amines is 1. The van der Waals surface area contributed by atoms with Crippen LogP contribution in [0.15, 0.2) is 53.5 Å². The van der Waals surface area contributed by atoms with Gasteiger partial charge in [0.25, 0.3) is 0 Å². The van der Waals surface area contributed by atoms with Crippen molar-refractivity contribution in [2.45, 2.75) is 58.3 Å². The van der Waals surface area contributed by atoms with E-state index in [4.69, 9.17) is 38.6 Å². The van der Waals surface area contributed by atoms with Crippen molar-refractivity contribution in [2.24, 2.45) is 11.5 Å². The number of nitrogens with zero attached hydrogens (tertiary/aromatic N) is 2. The van der Waals surface area contributed by atoms with Gasteiger partial charge in [0.15, 0.2) is 11.8 Å². The van der Waals surface area contributed by atoms with Crippen molar-refractivity contribution >= 4 is 34.4 Å². The Hall–Kier alpha value is -4.26. The number of benzene rings is 2. The van der Waals surface area contributed by atoms with Crippen LogP contribution in [0.4, 0.5) is 4.39 Å². The van der Waals surface area contributed by atoms with E-state index >= 15 is 4.39 Å². The molecule has 0 saturated carbocycles. The lowest BCUT2D eigenvalue weighted by Crippen LogP contribution is -2.39. The second-order valence-electron chi connectivity index (χ2n) is 10.9. The maximum absolute atomic E-state index is 15.1. The fourth-order valence-electron chi connectivity index (χ4n) is 4.79. The molecule has 11 nitrogen and oxygen atoms in total. The third-order valence-corrected chi connectivity index (χ3v) is 7.36. The molecule has 0 bridgehead atoms. The first-order chi connectivity index (χ1) is 21.0. The molecule has 0 spiro atoms. The summed E-state index contributed by atoms with van der Waals surface area (Å²) in [5.41, 5.74) is 14.3. The highest BCUT2D eigenvalue weighted by molar-refractivity contribution is 6.31. The summed E-state index contributed by atoms with van der Waals surface area (Å²) in [5, 5.41) is 21.3. The van der Waals surface area contributed by atoms with Crippen molar-refractivity contribution in [1.29, 1.82) is 10.8 Å². The molecule has 44 heavy (non-hydrogen) atoms. The molecule has 0 aliphatic rings. The Bertz CT molecular complexity index is 1670. The molecule has 0 radical (unpaired) electrons. The average molecular weight is 624 g/mol. The summed E-state index contributed by atoms with van der Waals surface area (Å²) in [5.74, 6) is -0.310. The van der Waals surface area contributed by atoms with Gasteiger partial charge < -0.3 is 31.8 Å². The lowest BCUT2D eigenvalue weighted by atomic mass is 10.0. The SMILES string of the molecule is CC(=N)NCC[C@@H](CNC(=N)N)OCc1ccc(-n2cc3cc(-c4cc(CCC[C@H](C)N)cc(Cl)c4F)[nH]c3nc2=O)cc1. The Kier molecular flexibility index (Phi) is 11.1. The van der Waals surface area contributed by atoms with E-state index in [0.29, 0.717) is 59.9 Å². The van der Waals surface area contributed by atoms with E-state index < -0.39 is 11.5 Å². The number of nitrogens with two attached hydrogens (primary N) is 2. The molecule has 234 valence electrons. The highest BCUT2D eigenvalue weighted by Crippen LogP contribution is 2.31. The van der Waals surface area contributed by atoms with Crippen molar-refractivity contribution in [3.63, 3.8) is 0 Å². The van der Waals surface area contributed by atoms with E-state index in [1.54, 1.807) is 43.5 Å². The van der Waals surface area contributed by atoms with Crippen LogP contribution < -0.4 is 27.8 Å². The molecule has 0 amide bonds. The van der Waals surface area contributed by atoms with E-state index in [0.717, 1.165) is 30.4 Å². The number of hydrogen-bond donors (Lipinski definition) is 7. The number of amidine groups is 1. The topological polar surface area (TPSA) is 184 Å². The fraction of sp³-hybridized carbons (Fsp3) is 0.355. The van der Waals surface area contributed by atoms with Gasteiger partial charge in [-0.1, -0.05) is 23.7 Å². The minimum Gasteiger partial charge on any atom is -0.374 e. The van der Waals surface area contributed by atoms with Crippen LogP contribution in [0.2, 0.25) is 5.02 Å². The van der Waals surface area contributed by atoms with Gasteiger partial charge in [-0.2, -0.15) is 4.98 Å². The van der Waals surface area contributed by atoms with E-state index in [1.165, 1.54) is 4.57 Å². The molecular formula is C31H39ClFN9O2. The predicted molar refractivity (Wildman–Crippen MR) is 173 cm³/mol. The summed E-state index contributed by atoms with van der Waals surface area (Å²) < 4.78 is 22.6. The zero-order chi connectivity index (χ0) is 31.8. The Morgan fingerprint density at radius 3 is 2.59 bits per heavy atom. The molecule has 9 N–H and O–H groups in total. The summed E-state index contributed by atoms with van der Waals surface area (Å²) in [7, 11) is 0. The summed E-state index contributed by atoms with van der Waals surface area (Å²) >= 11 is 6.23. The molecule has 4 rings (SSSR count). The predicted octanol–water partition coefficient (Wildman–Crippen LogP) is 4.19. The van der Waals surface area contributed by atoms with Crippen LogP contribution in [0, 0.1) is 16.6 Å². The fourth-order valence-corrected chi connectivity index (χ4v) is 5.04. The van der Waals surface area contributed by atoms with Gasteiger partial charge >= 0.3 is 5.69 Å². The first-order valence-corrected chi connectivity index (χ1v) is 14.8. The molecule has 13 heteroatoms. The zero-order valence-corrected chi connectivity index (χ0v) is 25.6. The number of guanidine groups is 1. The molecule has 0 saturated heterocycles. The standard InChI is InChI=1S/C31H39ClFN9O2/c1-18(34)4-3-5-21-12-25(28(33)26(32)13-21)27-14-22-16-42(31(43)41-29(22)40-27)23-8-6-20(7-9-23)17-44-24(15-39-30(36)37)10-11-38-19(2)35/h6-9,12-14,16,18,24H,3-5,10-11,15,17,34H2,1-2H3,(H2,35,38)(H4,36,37,39)(H,40,41,43)/t18-,24-/m0/s1. The van der Waals surface area contributed by atoms with Gasteiger partial charge in [-0.15, -0.1) is 0 Å². The number of H-pyrrole nitrogens is 1. The second kappa shape index (κ2) is 15.0. The lowest BCUT2D eigenvalue weighted by molar-refractivity contribution is 0.0389. The molecule has 0 aliphatic heterocycles. The first-order valence-electron chi connectivity index (χ1n) is 14.4. The maximum atomic E-state index is 15.1. The summed E-state index contributed by atoms with van der Waals surface area (Å²) in [4.78, 5) is 20.2. The first kappa shape index (κ1) is 32.6. The van der Waals surface area contributed by atoms with Crippen LogP contribution >= 0.6 is 11.6 Å². The van der Waals surface area contributed by atoms with Crippen LogP contribution in [0.5, 0.6) is 0 Å². The van der Waals surface area contributed by atoms with Gasteiger partial charge in [-0.05, 0) is 81.0 Å². The molecular weight excluding hydrogens is 585 g/mol. The van der Waals surface area contributed by atoms with Crippen LogP contribution in [0.1, 0.15) is 44.2 Å². The van der Waals surface area contributed by atoms with Crippen molar-refractivity contribution < 1.29 is 9.13 Å². The van der Waals surface area contributed by atoms with E-state index in [1.807, 2.05) is 19.1 Å². The molecule has 2 heterocycles. The van der Waals surface area contributed by atoms with Crippen molar-refractivity contribution in [3.8, 4) is 16.9 Å². The van der Waals surface area contributed by atoms with Crippen molar-refractivity contribution in [3.05, 3.63) is 81.1 Å². The average Bonchev–Trinajstić information content (AvgIpc) is 3.38. The van der Waals surface area contributed by atoms with Crippen LogP contribution in [0.3, 0.4) is 0 Å². The normalized spacial score (nSPS) is 12.7. The Morgan fingerprint density at radius 1 is 1.16 bits per heavy atom. The molecule has 0 aliphatic carbocycles. The van der Waals surface area contributed by atoms with Gasteiger partial charge in [-0.3, -0.25) is 15.4 Å². The quantitative estimate of drug-likeness (QED) is 0.0811. The van der Waals surface area contributed by atoms with E-state index in [-0.39, 0.29) is 23.1 Å². The van der Waals surface area contributed by atoms with Crippen LogP contribution in [-0.4, -0.2) is 51.6 Å². The minimum absolute atomic E-state index is 0.0353. The summed E-state index contributed by atoms with van der Waals surface area (Å²) in [6.45, 7) is 4.84. The smallest absolute Gasteiger partial charge is 0.354 e. The Labute approximate surface area is 260 Å². The minimum atomic E-state index is -0.539. The third-order valence-electron chi connectivity index (χ3n) is 7.09. The molecule has 0 fully saturated rings. The number of ether oxygens (including phenoxy) is 1. The van der Waals surface area contributed by atoms with E-state index in [2.05, 4.69) is 20.6 Å². The molecule has 2 aromatic heterocycles. The molecule has 2 atom stereocenters. The zero-order valence-electron chi connectivity index (χ0n) is 24.8. The molecule has 4 aromatic rings. The van der Waals surface area contributed by atoms with E-state index in [9.17, 15) is 4.79 Å². The number of aromatic nitrogens is 3. The van der Waals surface area contributed by atoms with Gasteiger partial charge in [-0.25, -0.2) is 9.18 Å². The van der Waals surface area contributed by atoms with Crippen LogP contribution in [0.25, 0.3) is 28.0 Å². The molecule has 0 unspecified atom stereocenters. The third kappa shape index (κ3) is 8.88. The number of rotatable bonds is 14. The van der Waals surface area contributed by atoms with Crippen molar-refractivity contribution in [1.82, 2.24) is 25.2 Å². The van der Waals surface area contributed by atoms with Gasteiger partial charge in [0, 0.05) is 36.3 Å². The number of halogens is 2. The maximum Gasteiger partial charge on any atom is 0.354 e. The second-order valence-corrected chi connectivity index (χ2v) is 11.3. The largest absolute Gasteiger partial charge is 0.374 e. The summed E-state index contributed by atoms with van der Waals surface area (Å²) in [6, 6.07) is 12.6. The number of hydrogen-bond acceptors (Lipinski definition) is 6. The lowest BCUT2D eigenvalue weighted by Gasteiger charge is -2.19. The highest BCUT2D eigenvalue weighted by Gasteiger charge is 2.16. The molecule has 2 aromatic carbocycles. The monoisotopic (exact) mass is 623 g/mol. The van der Waals surface area contributed by atoms with Gasteiger partial charge in [0.2, 0.25) is 0 Å². The Balaban J connectivity index is 1.50. The number of nitrogens with one attached hydrogen (secondary N) is 5. The highest BCUT2D eigenvalue weighted by atomic mass is 35.5. The van der Waals surface area contributed by atoms with Crippen molar-refractivity contribution in [2.75, 3.05) is 13.1 Å². The van der Waals surface area contributed by atoms with Gasteiger partial charge in [0.1, 0.15) is 5.65 Å². The van der Waals surface area contributed by atoms with Gasteiger partial charge in [0.05, 0.1) is 35.0 Å². The Morgan fingerprint density at radius 2 is 1.91 bits per heavy atom. The van der Waals surface area contributed by atoms with Crippen LogP contribution in [-0.2, 0) is 17.8 Å². The number of fused-ring (bicyclic) bond motifs is 1.